The summed E-state index contributed by atoms with van der Waals surface area (Å²) in [5, 5.41) is 12.0. The Labute approximate surface area is 154 Å². The van der Waals surface area contributed by atoms with Crippen molar-refractivity contribution in [2.24, 2.45) is 0 Å². The van der Waals surface area contributed by atoms with Gasteiger partial charge in [-0.05, 0) is 31.9 Å². The molecule has 0 heterocycles. The SMILES string of the molecule is C=C(NC(C)/C=C(C)\C(=C/CC)OCC(F)F)C(=O)/C(C#N)=C/N(C)C. The van der Waals surface area contributed by atoms with Gasteiger partial charge in [0.25, 0.3) is 6.43 Å². The van der Waals surface area contributed by atoms with E-state index in [1.807, 2.05) is 13.0 Å². The van der Waals surface area contributed by atoms with Crippen molar-refractivity contribution >= 4 is 5.78 Å². The van der Waals surface area contributed by atoms with E-state index in [0.717, 1.165) is 0 Å². The zero-order valence-electron chi connectivity index (χ0n) is 16.0. The maximum absolute atomic E-state index is 12.4. The van der Waals surface area contributed by atoms with Gasteiger partial charge in [0.2, 0.25) is 5.78 Å². The third-order valence-electron chi connectivity index (χ3n) is 3.07. The number of Topliss-reactive ketones (excluding diaryl/α,β-unsaturated/α-hetero) is 1. The van der Waals surface area contributed by atoms with Crippen molar-refractivity contribution in [2.45, 2.75) is 39.7 Å². The summed E-state index contributed by atoms with van der Waals surface area (Å²) in [4.78, 5) is 13.8. The molecule has 0 aromatic carbocycles. The van der Waals surface area contributed by atoms with Crippen LogP contribution in [0.15, 0.2) is 47.5 Å². The van der Waals surface area contributed by atoms with E-state index in [9.17, 15) is 13.6 Å². The maximum atomic E-state index is 12.4. The zero-order chi connectivity index (χ0) is 20.3. The van der Waals surface area contributed by atoms with Gasteiger partial charge in [-0.1, -0.05) is 19.6 Å². The summed E-state index contributed by atoms with van der Waals surface area (Å²) in [6.45, 7) is 8.39. The van der Waals surface area contributed by atoms with Crippen molar-refractivity contribution < 1.29 is 18.3 Å². The van der Waals surface area contributed by atoms with Crippen LogP contribution >= 0.6 is 0 Å². The van der Waals surface area contributed by atoms with Gasteiger partial charge in [0.15, 0.2) is 0 Å². The number of rotatable bonds is 11. The molecule has 144 valence electrons. The molecule has 7 heteroatoms. The number of nitrogens with zero attached hydrogens (tertiary/aromatic N) is 2. The van der Waals surface area contributed by atoms with Crippen LogP contribution in [-0.4, -0.2) is 43.9 Å². The Morgan fingerprint density at radius 3 is 2.50 bits per heavy atom. The third-order valence-corrected chi connectivity index (χ3v) is 3.07. The van der Waals surface area contributed by atoms with E-state index < -0.39 is 18.8 Å². The van der Waals surface area contributed by atoms with E-state index in [0.29, 0.717) is 17.8 Å². The van der Waals surface area contributed by atoms with Crippen LogP contribution in [0.3, 0.4) is 0 Å². The second-order valence-electron chi connectivity index (χ2n) is 5.89. The minimum absolute atomic E-state index is 0.0350. The number of carbonyl (C=O) groups is 1. The molecule has 0 rings (SSSR count). The van der Waals surface area contributed by atoms with Crippen molar-refractivity contribution in [3.05, 3.63) is 47.5 Å². The summed E-state index contributed by atoms with van der Waals surface area (Å²) in [6, 6.07) is 1.53. The molecule has 0 aromatic rings. The standard InChI is InChI=1S/C19H27F2N3O2/c1-7-8-17(26-12-18(20)21)13(2)9-14(3)23-15(4)19(25)16(10-22)11-24(5)6/h8-9,11,14,18,23H,4,7,12H2,1-3,5-6H3/b13-9-,16-11+,17-8+. The van der Waals surface area contributed by atoms with Crippen molar-refractivity contribution in [3.8, 4) is 6.07 Å². The van der Waals surface area contributed by atoms with Gasteiger partial charge in [-0.3, -0.25) is 4.79 Å². The first-order chi connectivity index (χ1) is 12.1. The van der Waals surface area contributed by atoms with Gasteiger partial charge in [0.05, 0.1) is 5.70 Å². The highest BCUT2D eigenvalue weighted by atomic mass is 19.3. The lowest BCUT2D eigenvalue weighted by atomic mass is 10.1. The molecule has 0 spiro atoms. The Morgan fingerprint density at radius 2 is 2.04 bits per heavy atom. The third kappa shape index (κ3) is 9.02. The van der Waals surface area contributed by atoms with Crippen LogP contribution in [0.25, 0.3) is 0 Å². The Morgan fingerprint density at radius 1 is 1.42 bits per heavy atom. The Balaban J connectivity index is 5.08. The highest BCUT2D eigenvalue weighted by molar-refractivity contribution is 6.10. The molecule has 0 aliphatic carbocycles. The van der Waals surface area contributed by atoms with Gasteiger partial charge < -0.3 is 15.0 Å². The fraction of sp³-hybridized carbons (Fsp3) is 0.474. The number of allylic oxidation sites excluding steroid dienone is 3. The number of hydrogen-bond acceptors (Lipinski definition) is 5. The second-order valence-corrected chi connectivity index (χ2v) is 5.89. The van der Waals surface area contributed by atoms with Crippen molar-refractivity contribution in [3.63, 3.8) is 0 Å². The lowest BCUT2D eigenvalue weighted by Crippen LogP contribution is -2.28. The molecule has 0 fully saturated rings. The lowest BCUT2D eigenvalue weighted by molar-refractivity contribution is -0.112. The number of nitrogens with one attached hydrogen (secondary N) is 1. The van der Waals surface area contributed by atoms with Gasteiger partial charge in [0, 0.05) is 26.3 Å². The Kier molecular flexibility index (Phi) is 10.7. The fourth-order valence-electron chi connectivity index (χ4n) is 2.07. The zero-order valence-corrected chi connectivity index (χ0v) is 16.0. The first kappa shape index (κ1) is 23.4. The van der Waals surface area contributed by atoms with Gasteiger partial charge in [-0.15, -0.1) is 0 Å². The van der Waals surface area contributed by atoms with Gasteiger partial charge in [-0.25, -0.2) is 8.78 Å². The molecule has 0 aliphatic rings. The van der Waals surface area contributed by atoms with Gasteiger partial charge in [0.1, 0.15) is 24.0 Å². The summed E-state index contributed by atoms with van der Waals surface area (Å²) in [5.74, 6) is -0.124. The van der Waals surface area contributed by atoms with E-state index in [-0.39, 0.29) is 17.3 Å². The molecule has 0 amide bonds. The summed E-state index contributed by atoms with van der Waals surface area (Å²) in [6.07, 6.45) is 2.96. The molecule has 1 N–H and O–H groups in total. The van der Waals surface area contributed by atoms with Crippen molar-refractivity contribution in [1.29, 1.82) is 5.26 Å². The summed E-state index contributed by atoms with van der Waals surface area (Å²) >= 11 is 0. The van der Waals surface area contributed by atoms with Gasteiger partial charge >= 0.3 is 0 Å². The number of ketones is 1. The highest BCUT2D eigenvalue weighted by Gasteiger charge is 2.15. The molecule has 5 nitrogen and oxygen atoms in total. The summed E-state index contributed by atoms with van der Waals surface area (Å²) < 4.78 is 29.8. The number of alkyl halides is 2. The van der Waals surface area contributed by atoms with E-state index in [4.69, 9.17) is 10.00 Å². The average molecular weight is 367 g/mol. The van der Waals surface area contributed by atoms with E-state index in [2.05, 4.69) is 11.9 Å². The van der Waals surface area contributed by atoms with E-state index >= 15 is 0 Å². The minimum atomic E-state index is -2.55. The molecule has 1 unspecified atom stereocenters. The van der Waals surface area contributed by atoms with Crippen molar-refractivity contribution in [2.75, 3.05) is 20.7 Å². The van der Waals surface area contributed by atoms with Crippen LogP contribution in [0.2, 0.25) is 0 Å². The number of nitriles is 1. The predicted octanol–water partition coefficient (Wildman–Crippen LogP) is 3.54. The lowest BCUT2D eigenvalue weighted by Gasteiger charge is -2.16. The Bertz CT molecular complexity index is 629. The highest BCUT2D eigenvalue weighted by Crippen LogP contribution is 2.15. The average Bonchev–Trinajstić information content (AvgIpc) is 2.54. The van der Waals surface area contributed by atoms with Crippen LogP contribution < -0.4 is 5.32 Å². The largest absolute Gasteiger partial charge is 0.488 e. The van der Waals surface area contributed by atoms with Crippen LogP contribution in [0, 0.1) is 11.3 Å². The number of ether oxygens (including phenoxy) is 1. The maximum Gasteiger partial charge on any atom is 0.272 e. The molecule has 0 saturated heterocycles. The predicted molar refractivity (Wildman–Crippen MR) is 98.2 cm³/mol. The molecule has 0 aromatic heterocycles. The smallest absolute Gasteiger partial charge is 0.272 e. The van der Waals surface area contributed by atoms with Crippen LogP contribution in [-0.2, 0) is 9.53 Å². The molecule has 0 aliphatic heterocycles. The second kappa shape index (κ2) is 11.9. The summed E-state index contributed by atoms with van der Waals surface area (Å²) in [7, 11) is 3.41. The van der Waals surface area contributed by atoms with Gasteiger partial charge in [-0.2, -0.15) is 5.26 Å². The molecule has 1 atom stereocenters. The monoisotopic (exact) mass is 367 g/mol. The van der Waals surface area contributed by atoms with Crippen molar-refractivity contribution in [1.82, 2.24) is 10.2 Å². The first-order valence-corrected chi connectivity index (χ1v) is 8.20. The molecule has 0 bridgehead atoms. The fourth-order valence-corrected chi connectivity index (χ4v) is 2.07. The van der Waals surface area contributed by atoms with E-state index in [1.54, 1.807) is 45.0 Å². The molecule has 0 radical (unpaired) electrons. The van der Waals surface area contributed by atoms with Crippen LogP contribution in [0.1, 0.15) is 27.2 Å². The summed E-state index contributed by atoms with van der Waals surface area (Å²) in [5.41, 5.74) is 0.704. The number of carbonyl (C=O) groups excluding carboxylic acids is 1. The molecule has 26 heavy (non-hydrogen) atoms. The van der Waals surface area contributed by atoms with Crippen LogP contribution in [0.5, 0.6) is 0 Å². The molecular formula is C19H27F2N3O2. The number of hydrogen-bond donors (Lipinski definition) is 1. The topological polar surface area (TPSA) is 65.4 Å². The first-order valence-electron chi connectivity index (χ1n) is 8.20. The Hall–Kier alpha value is -2.62. The quantitative estimate of drug-likeness (QED) is 0.262. The molecule has 0 saturated carbocycles. The normalized spacial score (nSPS) is 13.9. The van der Waals surface area contributed by atoms with Crippen LogP contribution in [0.4, 0.5) is 8.78 Å². The number of halogens is 2. The molecular weight excluding hydrogens is 340 g/mol. The minimum Gasteiger partial charge on any atom is -0.488 e. The van der Waals surface area contributed by atoms with E-state index in [1.165, 1.54) is 6.20 Å².